The third-order valence-corrected chi connectivity index (χ3v) is 6.98. The number of alkyl halides is 1. The van der Waals surface area contributed by atoms with Gasteiger partial charge in [0.25, 0.3) is 0 Å². The van der Waals surface area contributed by atoms with Crippen molar-refractivity contribution in [3.63, 3.8) is 0 Å². The lowest BCUT2D eigenvalue weighted by atomic mass is 9.99. The zero-order chi connectivity index (χ0) is 22.2. The zero-order valence-electron chi connectivity index (χ0n) is 16.0. The Kier molecular flexibility index (Phi) is 6.04. The van der Waals surface area contributed by atoms with Gasteiger partial charge in [-0.1, -0.05) is 0 Å². The van der Waals surface area contributed by atoms with Crippen LogP contribution in [0.2, 0.25) is 0 Å². The van der Waals surface area contributed by atoms with Gasteiger partial charge in [0.15, 0.2) is 16.4 Å². The normalized spacial score (nSPS) is 25.0. The second-order valence-corrected chi connectivity index (χ2v) is 8.59. The first-order valence-electron chi connectivity index (χ1n) is 8.73. The first kappa shape index (κ1) is 22.0. The van der Waals surface area contributed by atoms with Crippen LogP contribution in [0, 0.1) is 0 Å². The number of β-lactam (4-membered cyclic amide) rings is 1. The van der Waals surface area contributed by atoms with Crippen molar-refractivity contribution in [2.75, 3.05) is 31.4 Å². The van der Waals surface area contributed by atoms with Crippen LogP contribution in [0.15, 0.2) is 18.2 Å². The molecule has 1 aromatic carbocycles. The molecule has 30 heavy (non-hydrogen) atoms. The average molecular weight is 459 g/mol. The fourth-order valence-corrected chi connectivity index (χ4v) is 5.15. The quantitative estimate of drug-likeness (QED) is 0.346. The minimum Gasteiger partial charge on any atom is -0.493 e. The van der Waals surface area contributed by atoms with Crippen LogP contribution in [0.3, 0.4) is 0 Å². The fourth-order valence-electron chi connectivity index (χ4n) is 3.40. The van der Waals surface area contributed by atoms with Crippen molar-refractivity contribution in [1.82, 2.24) is 4.90 Å². The summed E-state index contributed by atoms with van der Waals surface area (Å²) in [5.41, 5.74) is 0.262. The van der Waals surface area contributed by atoms with Crippen LogP contribution in [0.4, 0.5) is 5.69 Å². The molecule has 2 aliphatic rings. The van der Waals surface area contributed by atoms with Crippen molar-refractivity contribution in [2.45, 2.75) is 22.7 Å². The number of hydrogen-bond donors (Lipinski definition) is 2. The molecule has 2 unspecified atom stereocenters. The molecule has 2 amide bonds. The minimum atomic E-state index is -1.61. The number of hydrogen-bond acceptors (Lipinski definition) is 7. The highest BCUT2D eigenvalue weighted by Crippen LogP contribution is 2.44. The van der Waals surface area contributed by atoms with E-state index in [1.54, 1.807) is 6.07 Å². The van der Waals surface area contributed by atoms with E-state index in [0.717, 1.165) is 16.7 Å². The third-order valence-electron chi connectivity index (χ3n) is 4.90. The first-order valence-corrected chi connectivity index (χ1v) is 10.2. The standard InChI is InChI=1S/C18H19ClN2O8S/c1-28-10-4-3-9(5-11(10)29-2)21(12(22)6-13(23)24)14-15(25)20-7-18(19,17(26)27)8-30-16(14)20/h3-5,14,16H,6-8H2,1-2H3,(H,23,24)(H,26,27)/t14?,16-,18?/m1/s1. The largest absolute Gasteiger partial charge is 0.493 e. The van der Waals surface area contributed by atoms with Crippen molar-refractivity contribution in [2.24, 2.45) is 0 Å². The third kappa shape index (κ3) is 3.74. The van der Waals surface area contributed by atoms with Crippen molar-refractivity contribution >= 4 is 52.8 Å². The van der Waals surface area contributed by atoms with Crippen LogP contribution in [0.5, 0.6) is 11.5 Å². The lowest BCUT2D eigenvalue weighted by Gasteiger charge is -2.55. The van der Waals surface area contributed by atoms with Gasteiger partial charge in [0.2, 0.25) is 11.8 Å². The molecule has 12 heteroatoms. The smallest absolute Gasteiger partial charge is 0.327 e. The second-order valence-electron chi connectivity index (χ2n) is 6.76. The lowest BCUT2D eigenvalue weighted by molar-refractivity contribution is -0.151. The van der Waals surface area contributed by atoms with E-state index in [0.29, 0.717) is 11.5 Å². The molecule has 10 nitrogen and oxygen atoms in total. The van der Waals surface area contributed by atoms with E-state index in [2.05, 4.69) is 0 Å². The Morgan fingerprint density at radius 1 is 1.27 bits per heavy atom. The molecule has 2 fully saturated rings. The number of halogens is 1. The van der Waals surface area contributed by atoms with E-state index < -0.39 is 46.5 Å². The summed E-state index contributed by atoms with van der Waals surface area (Å²) in [5.74, 6) is -3.13. The number of amides is 2. The molecule has 162 valence electrons. The van der Waals surface area contributed by atoms with Crippen LogP contribution in [0.1, 0.15) is 6.42 Å². The molecule has 2 saturated heterocycles. The maximum Gasteiger partial charge on any atom is 0.327 e. The summed E-state index contributed by atoms with van der Waals surface area (Å²) in [6.07, 6.45) is -0.815. The van der Waals surface area contributed by atoms with Gasteiger partial charge in [-0.15, -0.1) is 23.4 Å². The number of nitrogens with zero attached hydrogens (tertiary/aromatic N) is 2. The molecule has 2 N–H and O–H groups in total. The number of thioether (sulfide) groups is 1. The molecule has 0 aromatic heterocycles. The van der Waals surface area contributed by atoms with Crippen molar-refractivity contribution in [3.05, 3.63) is 18.2 Å². The van der Waals surface area contributed by atoms with Gasteiger partial charge in [-0.3, -0.25) is 24.1 Å². The number of carboxylic acid groups (broad SMARTS) is 2. The maximum absolute atomic E-state index is 12.9. The van der Waals surface area contributed by atoms with Crippen LogP contribution >= 0.6 is 23.4 Å². The van der Waals surface area contributed by atoms with Gasteiger partial charge >= 0.3 is 11.9 Å². The van der Waals surface area contributed by atoms with Gasteiger partial charge in [-0.2, -0.15) is 0 Å². The van der Waals surface area contributed by atoms with Crippen LogP contribution < -0.4 is 14.4 Å². The van der Waals surface area contributed by atoms with Crippen LogP contribution in [-0.4, -0.2) is 81.7 Å². The molecule has 0 saturated carbocycles. The summed E-state index contributed by atoms with van der Waals surface area (Å²) in [5, 5.41) is 17.9. The number of methoxy groups -OCH3 is 2. The monoisotopic (exact) mass is 458 g/mol. The molecule has 2 heterocycles. The van der Waals surface area contributed by atoms with Crippen LogP contribution in [-0.2, 0) is 19.2 Å². The Morgan fingerprint density at radius 3 is 2.50 bits per heavy atom. The predicted octanol–water partition coefficient (Wildman–Crippen LogP) is 0.857. The molecular formula is C18H19ClN2O8S. The molecule has 2 aliphatic heterocycles. The lowest BCUT2D eigenvalue weighted by Crippen LogP contribution is -2.75. The van der Waals surface area contributed by atoms with E-state index in [-0.39, 0.29) is 18.0 Å². The Hall–Kier alpha value is -2.66. The Morgan fingerprint density at radius 2 is 1.93 bits per heavy atom. The molecule has 0 bridgehead atoms. The highest BCUT2D eigenvalue weighted by Gasteiger charge is 2.59. The van der Waals surface area contributed by atoms with Gasteiger partial charge in [-0.25, -0.2) is 0 Å². The molecule has 0 spiro atoms. The maximum atomic E-state index is 12.9. The first-order chi connectivity index (χ1) is 14.1. The van der Waals surface area contributed by atoms with E-state index in [1.165, 1.54) is 31.3 Å². The van der Waals surface area contributed by atoms with Gasteiger partial charge in [0.1, 0.15) is 17.8 Å². The topological polar surface area (TPSA) is 134 Å². The molecule has 3 rings (SSSR count). The molecule has 0 radical (unpaired) electrons. The van der Waals surface area contributed by atoms with Crippen LogP contribution in [0.25, 0.3) is 0 Å². The van der Waals surface area contributed by atoms with Crippen molar-refractivity contribution < 1.29 is 38.9 Å². The summed E-state index contributed by atoms with van der Waals surface area (Å²) < 4.78 is 10.4. The molecule has 0 aliphatic carbocycles. The molecule has 3 atom stereocenters. The van der Waals surface area contributed by atoms with E-state index >= 15 is 0 Å². The van der Waals surface area contributed by atoms with Gasteiger partial charge in [0, 0.05) is 17.5 Å². The second kappa shape index (κ2) is 8.23. The summed E-state index contributed by atoms with van der Waals surface area (Å²) in [6, 6.07) is 3.55. The highest BCUT2D eigenvalue weighted by atomic mass is 35.5. The number of carbonyl (C=O) groups is 4. The zero-order valence-corrected chi connectivity index (χ0v) is 17.6. The minimum absolute atomic E-state index is 0.0295. The number of carbonyl (C=O) groups excluding carboxylic acids is 2. The number of carboxylic acids is 2. The van der Waals surface area contributed by atoms with Gasteiger partial charge < -0.3 is 24.6 Å². The Bertz CT molecular complexity index is 912. The van der Waals surface area contributed by atoms with Crippen molar-refractivity contribution in [1.29, 1.82) is 0 Å². The number of rotatable bonds is 7. The number of fused-ring (bicyclic) bond motifs is 1. The van der Waals surface area contributed by atoms with E-state index in [4.69, 9.17) is 26.2 Å². The Balaban J connectivity index is 1.95. The SMILES string of the molecule is COc1ccc(N(C(=O)CC(=O)O)C2C(=O)N3CC(Cl)(C(=O)O)CS[C@H]23)cc1OC. The number of anilines is 1. The molecule has 1 aromatic rings. The summed E-state index contributed by atoms with van der Waals surface area (Å²) >= 11 is 7.25. The molecular weight excluding hydrogens is 440 g/mol. The predicted molar refractivity (Wildman–Crippen MR) is 107 cm³/mol. The van der Waals surface area contributed by atoms with E-state index in [1.807, 2.05) is 0 Å². The summed E-state index contributed by atoms with van der Waals surface area (Å²) in [6.45, 7) is -0.205. The summed E-state index contributed by atoms with van der Waals surface area (Å²) in [7, 11) is 2.85. The average Bonchev–Trinajstić information content (AvgIpc) is 2.70. The number of aliphatic carboxylic acids is 2. The number of benzene rings is 1. The van der Waals surface area contributed by atoms with Crippen molar-refractivity contribution in [3.8, 4) is 11.5 Å². The number of ether oxygens (including phenoxy) is 2. The fraction of sp³-hybridized carbons (Fsp3) is 0.444. The van der Waals surface area contributed by atoms with Gasteiger partial charge in [0.05, 0.1) is 20.8 Å². The highest BCUT2D eigenvalue weighted by molar-refractivity contribution is 8.00. The Labute approximate surface area is 180 Å². The van der Waals surface area contributed by atoms with E-state index in [9.17, 15) is 24.3 Å². The summed E-state index contributed by atoms with van der Waals surface area (Å²) in [4.78, 5) is 49.0. The van der Waals surface area contributed by atoms with Gasteiger partial charge in [-0.05, 0) is 12.1 Å².